The molecule has 9 heteroatoms. The summed E-state index contributed by atoms with van der Waals surface area (Å²) in [6.07, 6.45) is 1.20. The fourth-order valence-electron chi connectivity index (χ4n) is 1.51. The third kappa shape index (κ3) is 3.55. The van der Waals surface area contributed by atoms with Crippen LogP contribution < -0.4 is 10.5 Å². The van der Waals surface area contributed by atoms with Crippen LogP contribution in [0.2, 0.25) is 0 Å². The maximum Gasteiger partial charge on any atom is 0.282 e. The highest BCUT2D eigenvalue weighted by Crippen LogP contribution is 2.26. The molecule has 0 amide bonds. The Balaban J connectivity index is 2.38. The van der Waals surface area contributed by atoms with E-state index in [0.29, 0.717) is 10.0 Å². The van der Waals surface area contributed by atoms with Crippen molar-refractivity contribution in [2.24, 2.45) is 5.73 Å². The maximum atomic E-state index is 13.5. The largest absolute Gasteiger partial charge is 0.389 e. The molecule has 0 spiro atoms. The lowest BCUT2D eigenvalue weighted by Gasteiger charge is -2.10. The summed E-state index contributed by atoms with van der Waals surface area (Å²) in [5, 5.41) is -0.671. The number of hydrogen-bond acceptors (Lipinski definition) is 4. The van der Waals surface area contributed by atoms with Crippen molar-refractivity contribution in [1.82, 2.24) is 4.98 Å². The number of hydrogen-bond donors (Lipinski definition) is 2. The molecular formula is C12H9BrFN3O2S2. The minimum absolute atomic E-state index is 0.181. The highest BCUT2D eigenvalue weighted by molar-refractivity contribution is 9.10. The van der Waals surface area contributed by atoms with Crippen LogP contribution >= 0.6 is 28.1 Å². The summed E-state index contributed by atoms with van der Waals surface area (Å²) in [4.78, 5) is 3.72. The van der Waals surface area contributed by atoms with Crippen LogP contribution in [0.25, 0.3) is 0 Å². The Hall–Kier alpha value is -1.58. The van der Waals surface area contributed by atoms with E-state index >= 15 is 0 Å². The first kappa shape index (κ1) is 15.8. The lowest BCUT2D eigenvalue weighted by molar-refractivity contribution is 0.557. The van der Waals surface area contributed by atoms with Crippen LogP contribution in [0.3, 0.4) is 0 Å². The zero-order valence-electron chi connectivity index (χ0n) is 10.4. The number of nitrogens with zero attached hydrogens (tertiary/aromatic N) is 1. The summed E-state index contributed by atoms with van der Waals surface area (Å²) in [5.74, 6) is -0.930. The van der Waals surface area contributed by atoms with Crippen molar-refractivity contribution in [2.75, 3.05) is 4.72 Å². The molecule has 0 aliphatic rings. The minimum Gasteiger partial charge on any atom is -0.389 e. The Morgan fingerprint density at radius 3 is 2.67 bits per heavy atom. The van der Waals surface area contributed by atoms with Crippen molar-refractivity contribution >= 4 is 48.8 Å². The molecule has 1 heterocycles. The molecule has 0 fully saturated rings. The third-order valence-electron chi connectivity index (χ3n) is 2.48. The fourth-order valence-corrected chi connectivity index (χ4v) is 3.34. The molecule has 2 aromatic rings. The van der Waals surface area contributed by atoms with Gasteiger partial charge in [-0.1, -0.05) is 12.2 Å². The van der Waals surface area contributed by atoms with E-state index in [-0.39, 0.29) is 10.7 Å². The molecule has 110 valence electrons. The molecule has 3 N–H and O–H groups in total. The number of rotatable bonds is 4. The van der Waals surface area contributed by atoms with Crippen molar-refractivity contribution in [3.05, 3.63) is 52.4 Å². The zero-order chi connectivity index (χ0) is 15.6. The van der Waals surface area contributed by atoms with Gasteiger partial charge in [0.2, 0.25) is 5.03 Å². The quantitative estimate of drug-likeness (QED) is 0.784. The van der Waals surface area contributed by atoms with Crippen molar-refractivity contribution in [3.8, 4) is 0 Å². The Kier molecular flexibility index (Phi) is 4.55. The van der Waals surface area contributed by atoms with E-state index in [0.717, 1.165) is 6.07 Å². The van der Waals surface area contributed by atoms with Crippen molar-refractivity contribution in [3.63, 3.8) is 0 Å². The molecule has 1 aromatic heterocycles. The third-order valence-corrected chi connectivity index (χ3v) is 4.67. The van der Waals surface area contributed by atoms with Gasteiger partial charge >= 0.3 is 0 Å². The van der Waals surface area contributed by atoms with Crippen LogP contribution in [0.15, 0.2) is 46.0 Å². The van der Waals surface area contributed by atoms with Gasteiger partial charge in [-0.25, -0.2) is 9.37 Å². The van der Waals surface area contributed by atoms with Crippen LogP contribution in [0.4, 0.5) is 10.1 Å². The molecule has 0 radical (unpaired) electrons. The molecule has 0 saturated carbocycles. The van der Waals surface area contributed by atoms with E-state index in [1.807, 2.05) is 0 Å². The Morgan fingerprint density at radius 2 is 2.10 bits per heavy atom. The normalized spacial score (nSPS) is 11.1. The molecule has 0 atom stereocenters. The number of thiocarbonyl (C=S) groups is 1. The SMILES string of the molecule is NC(=S)c1ccc(NS(=O)(=O)c2ncccc2F)c(Br)c1. The van der Waals surface area contributed by atoms with Gasteiger partial charge in [0.05, 0.1) is 5.69 Å². The first-order valence-corrected chi connectivity index (χ1v) is 8.22. The van der Waals surface area contributed by atoms with Crippen molar-refractivity contribution < 1.29 is 12.8 Å². The van der Waals surface area contributed by atoms with Crippen LogP contribution in [-0.4, -0.2) is 18.4 Å². The van der Waals surface area contributed by atoms with Crippen LogP contribution in [0.1, 0.15) is 5.56 Å². The molecule has 0 aliphatic heterocycles. The van der Waals surface area contributed by atoms with Gasteiger partial charge in [-0.05, 0) is 46.3 Å². The zero-order valence-corrected chi connectivity index (χ0v) is 13.6. The lowest BCUT2D eigenvalue weighted by atomic mass is 10.2. The Labute approximate surface area is 134 Å². The molecule has 5 nitrogen and oxygen atoms in total. The average molecular weight is 390 g/mol. The van der Waals surface area contributed by atoms with E-state index in [4.69, 9.17) is 18.0 Å². The number of nitrogens with one attached hydrogen (secondary N) is 1. The summed E-state index contributed by atoms with van der Waals surface area (Å²) >= 11 is 8.03. The minimum atomic E-state index is -4.13. The summed E-state index contributed by atoms with van der Waals surface area (Å²) < 4.78 is 40.4. The van der Waals surface area contributed by atoms with E-state index in [9.17, 15) is 12.8 Å². The molecule has 0 saturated heterocycles. The average Bonchev–Trinajstić information content (AvgIpc) is 2.41. The standard InChI is InChI=1S/C12H9BrFN3O2S2/c13-8-6-7(11(15)20)3-4-10(8)17-21(18,19)12-9(14)2-1-5-16-12/h1-6,17H,(H2,15,20). The van der Waals surface area contributed by atoms with Crippen LogP contribution in [0, 0.1) is 5.82 Å². The molecule has 0 unspecified atom stereocenters. The summed E-state index contributed by atoms with van der Waals surface area (Å²) in [7, 11) is -4.13. The Morgan fingerprint density at radius 1 is 1.38 bits per heavy atom. The van der Waals surface area contributed by atoms with Gasteiger partial charge in [0.15, 0.2) is 5.82 Å². The Bertz CT molecular complexity index is 812. The summed E-state index contributed by atoms with van der Waals surface area (Å²) in [6.45, 7) is 0. The predicted octanol–water partition coefficient (Wildman–Crippen LogP) is 2.42. The number of nitrogens with two attached hydrogens (primary N) is 1. The fraction of sp³-hybridized carbons (Fsp3) is 0. The van der Waals surface area contributed by atoms with Gasteiger partial charge in [0.25, 0.3) is 10.0 Å². The maximum absolute atomic E-state index is 13.5. The van der Waals surface area contributed by atoms with Gasteiger partial charge in [-0.15, -0.1) is 0 Å². The van der Waals surface area contributed by atoms with E-state index < -0.39 is 20.9 Å². The predicted molar refractivity (Wildman–Crippen MR) is 85.0 cm³/mol. The second-order valence-corrected chi connectivity index (χ2v) is 6.85. The number of halogens is 2. The number of aromatic nitrogens is 1. The summed E-state index contributed by atoms with van der Waals surface area (Å²) in [6, 6.07) is 6.92. The van der Waals surface area contributed by atoms with Gasteiger partial charge in [-0.2, -0.15) is 8.42 Å². The summed E-state index contributed by atoms with van der Waals surface area (Å²) in [5.41, 5.74) is 6.28. The second kappa shape index (κ2) is 6.04. The van der Waals surface area contributed by atoms with Crippen molar-refractivity contribution in [1.29, 1.82) is 0 Å². The highest BCUT2D eigenvalue weighted by Gasteiger charge is 2.21. The number of anilines is 1. The van der Waals surface area contributed by atoms with Crippen LogP contribution in [-0.2, 0) is 10.0 Å². The first-order chi connectivity index (χ1) is 9.81. The monoisotopic (exact) mass is 389 g/mol. The van der Waals surface area contributed by atoms with Gasteiger partial charge in [-0.3, -0.25) is 4.72 Å². The van der Waals surface area contributed by atoms with E-state index in [1.165, 1.54) is 18.3 Å². The van der Waals surface area contributed by atoms with Gasteiger partial charge < -0.3 is 5.73 Å². The number of sulfonamides is 1. The topological polar surface area (TPSA) is 85.1 Å². The lowest BCUT2D eigenvalue weighted by Crippen LogP contribution is -2.17. The number of benzene rings is 1. The molecular weight excluding hydrogens is 381 g/mol. The number of pyridine rings is 1. The van der Waals surface area contributed by atoms with Crippen LogP contribution in [0.5, 0.6) is 0 Å². The van der Waals surface area contributed by atoms with Gasteiger partial charge in [0, 0.05) is 16.2 Å². The van der Waals surface area contributed by atoms with Gasteiger partial charge in [0.1, 0.15) is 4.99 Å². The highest BCUT2D eigenvalue weighted by atomic mass is 79.9. The molecule has 0 bridgehead atoms. The smallest absolute Gasteiger partial charge is 0.282 e. The first-order valence-electron chi connectivity index (χ1n) is 5.54. The van der Waals surface area contributed by atoms with E-state index in [1.54, 1.807) is 12.1 Å². The van der Waals surface area contributed by atoms with Crippen molar-refractivity contribution in [2.45, 2.75) is 5.03 Å². The molecule has 21 heavy (non-hydrogen) atoms. The molecule has 0 aliphatic carbocycles. The molecule has 1 aromatic carbocycles. The second-order valence-electron chi connectivity index (χ2n) is 3.95. The van der Waals surface area contributed by atoms with E-state index in [2.05, 4.69) is 25.6 Å². The molecule has 2 rings (SSSR count).